The van der Waals surface area contributed by atoms with Gasteiger partial charge in [0.25, 0.3) is 0 Å². The zero-order valence-corrected chi connectivity index (χ0v) is 16.6. The number of aliphatic hydroxyl groups is 1. The van der Waals surface area contributed by atoms with Crippen LogP contribution in [0, 0.1) is 0 Å². The fraction of sp³-hybridized carbons (Fsp3) is 0.250. The fourth-order valence-corrected chi connectivity index (χ4v) is 3.10. The minimum atomic E-state index is -4.42. The van der Waals surface area contributed by atoms with Crippen LogP contribution in [0.5, 0.6) is 11.5 Å². The number of ether oxygens (including phenoxy) is 1. The fourth-order valence-electron chi connectivity index (χ4n) is 3.10. The molecule has 0 aromatic heterocycles. The first-order chi connectivity index (χ1) is 14.3. The van der Waals surface area contributed by atoms with E-state index in [0.717, 1.165) is 29.2 Å². The van der Waals surface area contributed by atoms with Crippen molar-refractivity contribution in [3.05, 3.63) is 95.6 Å². The van der Waals surface area contributed by atoms with Crippen LogP contribution in [0.25, 0.3) is 0 Å². The van der Waals surface area contributed by atoms with Gasteiger partial charge in [-0.05, 0) is 60.9 Å². The van der Waals surface area contributed by atoms with E-state index in [4.69, 9.17) is 4.74 Å². The summed E-state index contributed by atoms with van der Waals surface area (Å²) in [5, 5.41) is 13.4. The summed E-state index contributed by atoms with van der Waals surface area (Å²) in [6.07, 6.45) is -4.73. The molecule has 0 fully saturated rings. The van der Waals surface area contributed by atoms with Gasteiger partial charge < -0.3 is 15.2 Å². The predicted molar refractivity (Wildman–Crippen MR) is 111 cm³/mol. The summed E-state index contributed by atoms with van der Waals surface area (Å²) in [6, 6.07) is 22.1. The van der Waals surface area contributed by atoms with Gasteiger partial charge in [-0.15, -0.1) is 0 Å². The van der Waals surface area contributed by atoms with Crippen molar-refractivity contribution in [3.8, 4) is 11.5 Å². The molecule has 3 aromatic carbocycles. The third-order valence-corrected chi connectivity index (χ3v) is 4.70. The summed E-state index contributed by atoms with van der Waals surface area (Å²) >= 11 is 0. The zero-order chi connectivity index (χ0) is 21.6. The molecule has 3 nitrogen and oxygen atoms in total. The number of para-hydroxylation sites is 1. The van der Waals surface area contributed by atoms with E-state index in [2.05, 4.69) is 5.32 Å². The molecule has 2 unspecified atom stereocenters. The summed E-state index contributed by atoms with van der Waals surface area (Å²) in [5.74, 6) is 1.51. The predicted octanol–water partition coefficient (Wildman–Crippen LogP) is 5.75. The molecule has 0 bridgehead atoms. The normalized spacial score (nSPS) is 13.6. The van der Waals surface area contributed by atoms with Gasteiger partial charge in [-0.25, -0.2) is 0 Å². The third kappa shape index (κ3) is 6.34. The quantitative estimate of drug-likeness (QED) is 0.492. The molecule has 30 heavy (non-hydrogen) atoms. The van der Waals surface area contributed by atoms with Crippen LogP contribution in [0.2, 0.25) is 0 Å². The van der Waals surface area contributed by atoms with E-state index in [-0.39, 0.29) is 18.2 Å². The van der Waals surface area contributed by atoms with Crippen LogP contribution in [0.3, 0.4) is 0 Å². The molecule has 0 aliphatic rings. The minimum Gasteiger partial charge on any atom is -0.457 e. The SMILES string of the molecule is CC(Cc1ccc(Oc2ccccc2)cc1)NCC(O)c1cccc(C(F)(F)F)c1. The summed E-state index contributed by atoms with van der Waals surface area (Å²) in [7, 11) is 0. The standard InChI is InChI=1S/C24H24F3NO2/c1-17(28-16-23(29)19-6-5-7-20(15-19)24(25,26)27)14-18-10-12-22(13-11-18)30-21-8-3-2-4-9-21/h2-13,15,17,23,28-29H,14,16H2,1H3. The van der Waals surface area contributed by atoms with Crippen molar-refractivity contribution in [1.29, 1.82) is 0 Å². The van der Waals surface area contributed by atoms with Gasteiger partial charge in [-0.2, -0.15) is 13.2 Å². The Labute approximate surface area is 174 Å². The number of rotatable bonds is 8. The Morgan fingerprint density at radius 3 is 2.23 bits per heavy atom. The van der Waals surface area contributed by atoms with E-state index < -0.39 is 17.8 Å². The molecule has 3 aromatic rings. The molecule has 0 aliphatic carbocycles. The molecule has 0 saturated heterocycles. The molecule has 0 saturated carbocycles. The van der Waals surface area contributed by atoms with E-state index in [0.29, 0.717) is 6.42 Å². The monoisotopic (exact) mass is 415 g/mol. The van der Waals surface area contributed by atoms with Crippen molar-refractivity contribution < 1.29 is 23.0 Å². The Morgan fingerprint density at radius 1 is 0.900 bits per heavy atom. The molecule has 6 heteroatoms. The lowest BCUT2D eigenvalue weighted by atomic mass is 10.0. The first kappa shape index (κ1) is 21.9. The van der Waals surface area contributed by atoms with Gasteiger partial charge in [0.05, 0.1) is 11.7 Å². The minimum absolute atomic E-state index is 0.0336. The van der Waals surface area contributed by atoms with Gasteiger partial charge in [0.1, 0.15) is 11.5 Å². The smallest absolute Gasteiger partial charge is 0.416 e. The molecule has 0 spiro atoms. The third-order valence-electron chi connectivity index (χ3n) is 4.70. The lowest BCUT2D eigenvalue weighted by molar-refractivity contribution is -0.137. The second-order valence-electron chi connectivity index (χ2n) is 7.21. The number of nitrogens with one attached hydrogen (secondary N) is 1. The molecule has 158 valence electrons. The second-order valence-corrected chi connectivity index (χ2v) is 7.21. The number of alkyl halides is 3. The molecule has 0 aliphatic heterocycles. The molecule has 0 radical (unpaired) electrons. The maximum absolute atomic E-state index is 12.8. The highest BCUT2D eigenvalue weighted by atomic mass is 19.4. The molecular weight excluding hydrogens is 391 g/mol. The summed E-state index contributed by atoms with van der Waals surface area (Å²) in [6.45, 7) is 2.13. The van der Waals surface area contributed by atoms with Crippen LogP contribution in [-0.4, -0.2) is 17.7 Å². The maximum Gasteiger partial charge on any atom is 0.416 e. The van der Waals surface area contributed by atoms with Crippen LogP contribution < -0.4 is 10.1 Å². The molecule has 2 atom stereocenters. The van der Waals surface area contributed by atoms with Gasteiger partial charge in [-0.3, -0.25) is 0 Å². The Hall–Kier alpha value is -2.83. The Balaban J connectivity index is 1.50. The van der Waals surface area contributed by atoms with Crippen LogP contribution in [0.1, 0.15) is 29.7 Å². The zero-order valence-electron chi connectivity index (χ0n) is 16.6. The maximum atomic E-state index is 12.8. The van der Waals surface area contributed by atoms with Crippen molar-refractivity contribution in [2.75, 3.05) is 6.54 Å². The number of benzene rings is 3. The van der Waals surface area contributed by atoms with E-state index in [1.54, 1.807) is 0 Å². The van der Waals surface area contributed by atoms with E-state index in [1.165, 1.54) is 12.1 Å². The average molecular weight is 415 g/mol. The molecular formula is C24H24F3NO2. The summed E-state index contributed by atoms with van der Waals surface area (Å²) in [5.41, 5.74) is 0.570. The van der Waals surface area contributed by atoms with E-state index in [9.17, 15) is 18.3 Å². The number of halogens is 3. The van der Waals surface area contributed by atoms with Crippen molar-refractivity contribution >= 4 is 0 Å². The van der Waals surface area contributed by atoms with Gasteiger partial charge >= 0.3 is 6.18 Å². The first-order valence-electron chi connectivity index (χ1n) is 9.72. The Morgan fingerprint density at radius 2 is 1.57 bits per heavy atom. The van der Waals surface area contributed by atoms with Gasteiger partial charge in [-0.1, -0.05) is 42.5 Å². The first-order valence-corrected chi connectivity index (χ1v) is 9.72. The van der Waals surface area contributed by atoms with Crippen LogP contribution in [0.15, 0.2) is 78.9 Å². The van der Waals surface area contributed by atoms with Crippen molar-refractivity contribution in [2.45, 2.75) is 31.7 Å². The topological polar surface area (TPSA) is 41.5 Å². The number of aliphatic hydroxyl groups excluding tert-OH is 1. The largest absolute Gasteiger partial charge is 0.457 e. The van der Waals surface area contributed by atoms with Crippen LogP contribution >= 0.6 is 0 Å². The van der Waals surface area contributed by atoms with Gasteiger partial charge in [0, 0.05) is 12.6 Å². The van der Waals surface area contributed by atoms with Crippen molar-refractivity contribution in [1.82, 2.24) is 5.32 Å². The lowest BCUT2D eigenvalue weighted by Gasteiger charge is -2.18. The van der Waals surface area contributed by atoms with E-state index >= 15 is 0 Å². The molecule has 3 rings (SSSR count). The Bertz CT molecular complexity index is 927. The van der Waals surface area contributed by atoms with E-state index in [1.807, 2.05) is 61.5 Å². The highest BCUT2D eigenvalue weighted by molar-refractivity contribution is 5.33. The van der Waals surface area contributed by atoms with Crippen LogP contribution in [0.4, 0.5) is 13.2 Å². The highest BCUT2D eigenvalue weighted by Crippen LogP contribution is 2.30. The van der Waals surface area contributed by atoms with Crippen molar-refractivity contribution in [3.63, 3.8) is 0 Å². The summed E-state index contributed by atoms with van der Waals surface area (Å²) in [4.78, 5) is 0. The van der Waals surface area contributed by atoms with Crippen molar-refractivity contribution in [2.24, 2.45) is 0 Å². The van der Waals surface area contributed by atoms with Gasteiger partial charge in [0.15, 0.2) is 0 Å². The van der Waals surface area contributed by atoms with Crippen LogP contribution in [-0.2, 0) is 12.6 Å². The molecule has 0 heterocycles. The number of hydrogen-bond donors (Lipinski definition) is 2. The second kappa shape index (κ2) is 9.78. The Kier molecular flexibility index (Phi) is 7.13. The highest BCUT2D eigenvalue weighted by Gasteiger charge is 2.30. The number of hydrogen-bond acceptors (Lipinski definition) is 3. The lowest BCUT2D eigenvalue weighted by Crippen LogP contribution is -2.32. The summed E-state index contributed by atoms with van der Waals surface area (Å²) < 4.78 is 44.3. The molecule has 0 amide bonds. The van der Waals surface area contributed by atoms with Gasteiger partial charge in [0.2, 0.25) is 0 Å². The molecule has 2 N–H and O–H groups in total. The average Bonchev–Trinajstić information content (AvgIpc) is 2.74.